The first-order chi connectivity index (χ1) is 7.18. The zero-order chi connectivity index (χ0) is 10.8. The van der Waals surface area contributed by atoms with Crippen LogP contribution in [0.15, 0.2) is 28.7 Å². The van der Waals surface area contributed by atoms with Gasteiger partial charge in [0.05, 0.1) is 5.92 Å². The Kier molecular flexibility index (Phi) is 3.10. The third kappa shape index (κ3) is 2.59. The van der Waals surface area contributed by atoms with Crippen molar-refractivity contribution in [3.05, 3.63) is 34.3 Å². The number of aliphatic carboxylic acids is 1. The van der Waals surface area contributed by atoms with Crippen LogP contribution in [-0.2, 0) is 11.2 Å². The second kappa shape index (κ2) is 4.35. The fraction of sp³-hybridized carbons (Fsp3) is 0.417. The van der Waals surface area contributed by atoms with Gasteiger partial charge in [0.1, 0.15) is 0 Å². The van der Waals surface area contributed by atoms with Gasteiger partial charge < -0.3 is 5.11 Å². The van der Waals surface area contributed by atoms with Gasteiger partial charge in [0, 0.05) is 4.47 Å². The van der Waals surface area contributed by atoms with Crippen molar-refractivity contribution in [1.82, 2.24) is 0 Å². The zero-order valence-electron chi connectivity index (χ0n) is 8.32. The van der Waals surface area contributed by atoms with Crippen LogP contribution in [-0.4, -0.2) is 11.1 Å². The smallest absolute Gasteiger partial charge is 0.306 e. The fourth-order valence-corrected chi connectivity index (χ4v) is 2.39. The average Bonchev–Trinajstić information content (AvgIpc) is 2.96. The van der Waals surface area contributed by atoms with Crippen molar-refractivity contribution in [2.75, 3.05) is 0 Å². The monoisotopic (exact) mass is 268 g/mol. The largest absolute Gasteiger partial charge is 0.481 e. The van der Waals surface area contributed by atoms with Gasteiger partial charge in [-0.15, -0.1) is 0 Å². The summed E-state index contributed by atoms with van der Waals surface area (Å²) in [4.78, 5) is 10.6. The Balaban J connectivity index is 1.85. The summed E-state index contributed by atoms with van der Waals surface area (Å²) in [6.07, 6.45) is 2.81. The van der Waals surface area contributed by atoms with Gasteiger partial charge in [-0.2, -0.15) is 0 Å². The van der Waals surface area contributed by atoms with Gasteiger partial charge in [-0.1, -0.05) is 34.1 Å². The van der Waals surface area contributed by atoms with Crippen LogP contribution in [0.2, 0.25) is 0 Å². The fourth-order valence-electron chi connectivity index (χ4n) is 1.91. The van der Waals surface area contributed by atoms with Gasteiger partial charge in [0.15, 0.2) is 0 Å². The summed E-state index contributed by atoms with van der Waals surface area (Å²) in [7, 11) is 0. The van der Waals surface area contributed by atoms with Crippen molar-refractivity contribution in [1.29, 1.82) is 0 Å². The summed E-state index contributed by atoms with van der Waals surface area (Å²) in [6.45, 7) is 0. The highest BCUT2D eigenvalue weighted by atomic mass is 79.9. The number of carbonyl (C=O) groups is 1. The lowest BCUT2D eigenvalue weighted by atomic mass is 10.1. The highest BCUT2D eigenvalue weighted by Gasteiger charge is 2.42. The second-order valence-electron chi connectivity index (χ2n) is 4.07. The number of carboxylic acid groups (broad SMARTS) is 1. The van der Waals surface area contributed by atoms with Crippen LogP contribution in [0.1, 0.15) is 18.4 Å². The lowest BCUT2D eigenvalue weighted by Crippen LogP contribution is -2.00. The molecule has 1 aromatic carbocycles. The molecule has 3 heteroatoms. The van der Waals surface area contributed by atoms with Crippen molar-refractivity contribution >= 4 is 21.9 Å². The molecule has 0 aromatic heterocycles. The molecule has 2 rings (SSSR count). The summed E-state index contributed by atoms with van der Waals surface area (Å²) in [5, 5.41) is 8.77. The number of benzene rings is 1. The molecule has 1 saturated carbocycles. The standard InChI is InChI=1S/C12H13BrO2/c13-11-4-2-1-3-8(11)5-6-9-7-10(9)12(14)15/h1-4,9-10H,5-7H2,(H,14,15). The molecule has 1 aliphatic rings. The number of aryl methyl sites for hydroxylation is 1. The number of hydrogen-bond donors (Lipinski definition) is 1. The summed E-state index contributed by atoms with van der Waals surface area (Å²) in [5.74, 6) is -0.311. The topological polar surface area (TPSA) is 37.3 Å². The van der Waals surface area contributed by atoms with Crippen LogP contribution in [0.3, 0.4) is 0 Å². The van der Waals surface area contributed by atoms with Crippen molar-refractivity contribution in [2.24, 2.45) is 11.8 Å². The zero-order valence-corrected chi connectivity index (χ0v) is 9.90. The summed E-state index contributed by atoms with van der Waals surface area (Å²) < 4.78 is 1.12. The molecule has 15 heavy (non-hydrogen) atoms. The Morgan fingerprint density at radius 2 is 2.20 bits per heavy atom. The third-order valence-corrected chi connectivity index (χ3v) is 3.76. The molecule has 0 saturated heterocycles. The molecule has 2 atom stereocenters. The number of rotatable bonds is 4. The third-order valence-electron chi connectivity index (χ3n) is 2.98. The van der Waals surface area contributed by atoms with E-state index in [1.807, 2.05) is 18.2 Å². The molecule has 1 aromatic rings. The Bertz CT molecular complexity index is 376. The molecule has 0 bridgehead atoms. The number of carboxylic acids is 1. The SMILES string of the molecule is O=C(O)C1CC1CCc1ccccc1Br. The normalized spacial score (nSPS) is 23.8. The molecular weight excluding hydrogens is 256 g/mol. The van der Waals surface area contributed by atoms with E-state index < -0.39 is 5.97 Å². The van der Waals surface area contributed by atoms with Crippen molar-refractivity contribution in [3.8, 4) is 0 Å². The molecule has 0 amide bonds. The van der Waals surface area contributed by atoms with E-state index in [2.05, 4.69) is 22.0 Å². The molecule has 2 unspecified atom stereocenters. The van der Waals surface area contributed by atoms with E-state index in [4.69, 9.17) is 5.11 Å². The lowest BCUT2D eigenvalue weighted by Gasteiger charge is -2.02. The maximum Gasteiger partial charge on any atom is 0.306 e. The Hall–Kier alpha value is -0.830. The molecule has 0 spiro atoms. The van der Waals surface area contributed by atoms with Gasteiger partial charge in [0.25, 0.3) is 0 Å². The second-order valence-corrected chi connectivity index (χ2v) is 4.92. The number of hydrogen-bond acceptors (Lipinski definition) is 1. The summed E-state index contributed by atoms with van der Waals surface area (Å²) >= 11 is 3.49. The molecular formula is C12H13BrO2. The minimum Gasteiger partial charge on any atom is -0.481 e. The lowest BCUT2D eigenvalue weighted by molar-refractivity contribution is -0.138. The van der Waals surface area contributed by atoms with Gasteiger partial charge in [-0.05, 0) is 36.8 Å². The quantitative estimate of drug-likeness (QED) is 0.911. The first-order valence-electron chi connectivity index (χ1n) is 5.14. The molecule has 2 nitrogen and oxygen atoms in total. The first kappa shape index (κ1) is 10.7. The molecule has 80 valence electrons. The van der Waals surface area contributed by atoms with Crippen LogP contribution in [0, 0.1) is 11.8 Å². The van der Waals surface area contributed by atoms with Crippen LogP contribution in [0.25, 0.3) is 0 Å². The summed E-state index contributed by atoms with van der Waals surface area (Å²) in [5.41, 5.74) is 1.27. The summed E-state index contributed by atoms with van der Waals surface area (Å²) in [6, 6.07) is 8.12. The van der Waals surface area contributed by atoms with Crippen LogP contribution >= 0.6 is 15.9 Å². The van der Waals surface area contributed by atoms with E-state index in [1.54, 1.807) is 0 Å². The predicted molar refractivity (Wildman–Crippen MR) is 61.7 cm³/mol. The van der Waals surface area contributed by atoms with Crippen molar-refractivity contribution in [3.63, 3.8) is 0 Å². The van der Waals surface area contributed by atoms with Crippen LogP contribution < -0.4 is 0 Å². The molecule has 0 aliphatic heterocycles. The number of halogens is 1. The predicted octanol–water partition coefficient (Wildman–Crippen LogP) is 3.10. The minimum absolute atomic E-state index is 0.0764. The van der Waals surface area contributed by atoms with E-state index >= 15 is 0 Å². The maximum absolute atomic E-state index is 10.6. The Labute approximate surface area is 97.4 Å². The van der Waals surface area contributed by atoms with Gasteiger partial charge >= 0.3 is 5.97 Å². The van der Waals surface area contributed by atoms with Crippen LogP contribution in [0.5, 0.6) is 0 Å². The molecule has 1 fully saturated rings. The maximum atomic E-state index is 10.6. The van der Waals surface area contributed by atoms with Gasteiger partial charge in [-0.3, -0.25) is 4.79 Å². The van der Waals surface area contributed by atoms with E-state index in [-0.39, 0.29) is 5.92 Å². The average molecular weight is 269 g/mol. The van der Waals surface area contributed by atoms with Crippen molar-refractivity contribution in [2.45, 2.75) is 19.3 Å². The van der Waals surface area contributed by atoms with E-state index in [0.717, 1.165) is 23.7 Å². The Morgan fingerprint density at radius 1 is 1.47 bits per heavy atom. The first-order valence-corrected chi connectivity index (χ1v) is 5.94. The van der Waals surface area contributed by atoms with Gasteiger partial charge in [-0.25, -0.2) is 0 Å². The van der Waals surface area contributed by atoms with Gasteiger partial charge in [0.2, 0.25) is 0 Å². The highest BCUT2D eigenvalue weighted by Crippen LogP contribution is 2.42. The molecule has 0 radical (unpaired) electrons. The van der Waals surface area contributed by atoms with E-state index in [1.165, 1.54) is 5.56 Å². The van der Waals surface area contributed by atoms with Crippen LogP contribution in [0.4, 0.5) is 0 Å². The van der Waals surface area contributed by atoms with Crippen molar-refractivity contribution < 1.29 is 9.90 Å². The molecule has 0 heterocycles. The van der Waals surface area contributed by atoms with E-state index in [9.17, 15) is 4.79 Å². The van der Waals surface area contributed by atoms with E-state index in [0.29, 0.717) is 5.92 Å². The highest BCUT2D eigenvalue weighted by molar-refractivity contribution is 9.10. The Morgan fingerprint density at radius 3 is 2.80 bits per heavy atom. The molecule has 1 aliphatic carbocycles. The minimum atomic E-state index is -0.632. The molecule has 1 N–H and O–H groups in total.